The summed E-state index contributed by atoms with van der Waals surface area (Å²) >= 11 is 0. The molecule has 4 aliphatic rings. The largest absolute Gasteiger partial charge is 0.481 e. The number of aliphatic hydroxyl groups is 3. The molecule has 4 fully saturated rings. The monoisotopic (exact) mass is 492 g/mol. The molecule has 35 heavy (non-hydrogen) atoms. The van der Waals surface area contributed by atoms with Crippen LogP contribution in [0.3, 0.4) is 0 Å². The highest BCUT2D eigenvalue weighted by Gasteiger charge is 2.74. The Morgan fingerprint density at radius 2 is 1.63 bits per heavy atom. The summed E-state index contributed by atoms with van der Waals surface area (Å²) in [6.45, 7) is 9.04. The van der Waals surface area contributed by atoms with Crippen LogP contribution in [0.25, 0.3) is 0 Å². The summed E-state index contributed by atoms with van der Waals surface area (Å²) in [4.78, 5) is 37.7. The number of hydrogen-bond donors (Lipinski definition) is 4. The van der Waals surface area contributed by atoms with Gasteiger partial charge in [-0.05, 0) is 100 Å². The third-order valence-corrected chi connectivity index (χ3v) is 11.8. The second-order valence-corrected chi connectivity index (χ2v) is 13.1. The van der Waals surface area contributed by atoms with Crippen molar-refractivity contribution in [3.8, 4) is 0 Å². The molecule has 0 aromatic rings. The number of aliphatic carboxylic acids is 1. The topological polar surface area (TPSA) is 132 Å². The molecule has 198 valence electrons. The third kappa shape index (κ3) is 3.66. The van der Waals surface area contributed by atoms with Crippen molar-refractivity contribution in [2.45, 2.75) is 110 Å². The van der Waals surface area contributed by atoms with Gasteiger partial charge in [0.05, 0.1) is 6.10 Å². The molecule has 11 atom stereocenters. The van der Waals surface area contributed by atoms with E-state index in [1.165, 1.54) is 13.8 Å². The lowest BCUT2D eigenvalue weighted by molar-refractivity contribution is -0.259. The molecular formula is C28H44O7. The van der Waals surface area contributed by atoms with Crippen LogP contribution in [-0.2, 0) is 14.4 Å². The fourth-order valence-electron chi connectivity index (χ4n) is 9.70. The van der Waals surface area contributed by atoms with Gasteiger partial charge >= 0.3 is 5.97 Å². The molecule has 4 unspecified atom stereocenters. The van der Waals surface area contributed by atoms with Crippen molar-refractivity contribution in [1.82, 2.24) is 0 Å². The van der Waals surface area contributed by atoms with Crippen LogP contribution in [0.5, 0.6) is 0 Å². The van der Waals surface area contributed by atoms with Gasteiger partial charge in [-0.1, -0.05) is 20.8 Å². The van der Waals surface area contributed by atoms with E-state index in [4.69, 9.17) is 0 Å². The molecule has 0 spiro atoms. The van der Waals surface area contributed by atoms with Crippen LogP contribution in [0.2, 0.25) is 0 Å². The average molecular weight is 493 g/mol. The van der Waals surface area contributed by atoms with E-state index >= 15 is 0 Å². The number of carbonyl (C=O) groups excluding carboxylic acids is 2. The Labute approximate surface area is 208 Å². The lowest BCUT2D eigenvalue weighted by atomic mass is 9.37. The Hall–Kier alpha value is -1.31. The van der Waals surface area contributed by atoms with E-state index < -0.39 is 28.7 Å². The van der Waals surface area contributed by atoms with Gasteiger partial charge in [-0.2, -0.15) is 0 Å². The van der Waals surface area contributed by atoms with Gasteiger partial charge in [0.15, 0.2) is 11.6 Å². The molecule has 4 saturated carbocycles. The molecule has 0 amide bonds. The van der Waals surface area contributed by atoms with Gasteiger partial charge in [0, 0.05) is 17.8 Å². The standard InChI is InChI=1S/C28H44O7/c1-15(6-9-23(32)33)20-7-8-21-24-22(14-28(35,17(3)30)26(20,21)5)25(4)11-10-19(31)12-18(25)13-27(24,34)16(2)29/h15,18-22,24,31,34-35H,6-14H2,1-5H3,(H,32,33)/t15-,18+,19+,20-,21?,22?,24?,25+,26-,27?,28-/m1/s1. The number of rotatable bonds is 6. The van der Waals surface area contributed by atoms with Crippen LogP contribution in [0.1, 0.15) is 92.4 Å². The van der Waals surface area contributed by atoms with Crippen molar-refractivity contribution in [3.05, 3.63) is 0 Å². The molecule has 0 saturated heterocycles. The highest BCUT2D eigenvalue weighted by Crippen LogP contribution is 2.72. The van der Waals surface area contributed by atoms with Gasteiger partial charge in [-0.25, -0.2) is 0 Å². The van der Waals surface area contributed by atoms with Crippen molar-refractivity contribution in [1.29, 1.82) is 0 Å². The second kappa shape index (κ2) is 8.63. The summed E-state index contributed by atoms with van der Waals surface area (Å²) in [5.74, 6) is -2.41. The Kier molecular flexibility index (Phi) is 6.59. The minimum absolute atomic E-state index is 0.0225. The van der Waals surface area contributed by atoms with Gasteiger partial charge in [-0.3, -0.25) is 14.4 Å². The maximum absolute atomic E-state index is 13.3. The van der Waals surface area contributed by atoms with E-state index in [1.807, 2.05) is 13.8 Å². The quantitative estimate of drug-likeness (QED) is 0.447. The molecule has 4 rings (SSSR count). The van der Waals surface area contributed by atoms with Crippen molar-refractivity contribution in [2.75, 3.05) is 0 Å². The first kappa shape index (κ1) is 26.7. The number of carboxylic acid groups (broad SMARTS) is 1. The highest BCUT2D eigenvalue weighted by molar-refractivity contribution is 5.88. The lowest BCUT2D eigenvalue weighted by Gasteiger charge is -2.68. The van der Waals surface area contributed by atoms with Crippen LogP contribution in [-0.4, -0.2) is 55.3 Å². The molecule has 0 aliphatic heterocycles. The van der Waals surface area contributed by atoms with E-state index in [1.54, 1.807) is 0 Å². The number of Topliss-reactive ketones (excluding diaryl/α,β-unsaturated/α-hetero) is 2. The second-order valence-electron chi connectivity index (χ2n) is 13.1. The maximum atomic E-state index is 13.3. The molecular weight excluding hydrogens is 448 g/mol. The summed E-state index contributed by atoms with van der Waals surface area (Å²) < 4.78 is 0. The Morgan fingerprint density at radius 1 is 0.971 bits per heavy atom. The van der Waals surface area contributed by atoms with Gasteiger partial charge in [-0.15, -0.1) is 0 Å². The number of carboxylic acids is 1. The number of ketones is 2. The molecule has 0 radical (unpaired) electrons. The van der Waals surface area contributed by atoms with E-state index in [2.05, 4.69) is 6.92 Å². The molecule has 4 aliphatic carbocycles. The summed E-state index contributed by atoms with van der Waals surface area (Å²) in [6.07, 6.45) is 3.84. The minimum Gasteiger partial charge on any atom is -0.481 e. The zero-order valence-corrected chi connectivity index (χ0v) is 21.9. The van der Waals surface area contributed by atoms with Crippen LogP contribution >= 0.6 is 0 Å². The number of carbonyl (C=O) groups is 3. The number of fused-ring (bicyclic) bond motifs is 5. The first-order valence-electron chi connectivity index (χ1n) is 13.5. The summed E-state index contributed by atoms with van der Waals surface area (Å²) in [6, 6.07) is 0. The van der Waals surface area contributed by atoms with Gasteiger partial charge in [0.2, 0.25) is 0 Å². The molecule has 7 heteroatoms. The van der Waals surface area contributed by atoms with Crippen molar-refractivity contribution in [2.24, 2.45) is 46.3 Å². The first-order chi connectivity index (χ1) is 16.1. The van der Waals surface area contributed by atoms with E-state index in [0.717, 1.165) is 12.8 Å². The molecule has 0 aromatic carbocycles. The van der Waals surface area contributed by atoms with Gasteiger partial charge in [0.1, 0.15) is 11.2 Å². The van der Waals surface area contributed by atoms with E-state index in [9.17, 15) is 34.8 Å². The zero-order chi connectivity index (χ0) is 26.1. The van der Waals surface area contributed by atoms with E-state index in [-0.39, 0.29) is 65.3 Å². The van der Waals surface area contributed by atoms with Crippen molar-refractivity contribution in [3.63, 3.8) is 0 Å². The Morgan fingerprint density at radius 3 is 2.20 bits per heavy atom. The summed E-state index contributed by atoms with van der Waals surface area (Å²) in [5.41, 5.74) is -4.33. The maximum Gasteiger partial charge on any atom is 0.303 e. The first-order valence-corrected chi connectivity index (χ1v) is 13.5. The van der Waals surface area contributed by atoms with Crippen LogP contribution < -0.4 is 0 Å². The minimum atomic E-state index is -1.61. The Bertz CT molecular complexity index is 902. The fraction of sp³-hybridized carbons (Fsp3) is 0.893. The predicted octanol–water partition coefficient (Wildman–Crippen LogP) is 3.37. The van der Waals surface area contributed by atoms with Gasteiger partial charge in [0.25, 0.3) is 0 Å². The molecule has 7 nitrogen and oxygen atoms in total. The van der Waals surface area contributed by atoms with Crippen LogP contribution in [0.15, 0.2) is 0 Å². The smallest absolute Gasteiger partial charge is 0.303 e. The number of hydrogen-bond acceptors (Lipinski definition) is 6. The van der Waals surface area contributed by atoms with Crippen LogP contribution in [0.4, 0.5) is 0 Å². The highest BCUT2D eigenvalue weighted by atomic mass is 16.4. The average Bonchev–Trinajstić information content (AvgIpc) is 3.12. The van der Waals surface area contributed by atoms with E-state index in [0.29, 0.717) is 32.1 Å². The molecule has 0 bridgehead atoms. The Balaban J connectivity index is 1.84. The summed E-state index contributed by atoms with van der Waals surface area (Å²) in [5, 5.41) is 44.0. The molecule has 0 heterocycles. The van der Waals surface area contributed by atoms with Gasteiger partial charge < -0.3 is 20.4 Å². The zero-order valence-electron chi connectivity index (χ0n) is 21.9. The fourth-order valence-corrected chi connectivity index (χ4v) is 9.70. The molecule has 0 aromatic heterocycles. The van der Waals surface area contributed by atoms with Crippen molar-refractivity contribution >= 4 is 17.5 Å². The normalized spacial score (nSPS) is 49.9. The molecule has 4 N–H and O–H groups in total. The third-order valence-electron chi connectivity index (χ3n) is 11.8. The number of aliphatic hydroxyl groups excluding tert-OH is 1. The van der Waals surface area contributed by atoms with Crippen molar-refractivity contribution < 1.29 is 34.8 Å². The predicted molar refractivity (Wildman–Crippen MR) is 129 cm³/mol. The lowest BCUT2D eigenvalue weighted by Crippen LogP contribution is -2.72. The van der Waals surface area contributed by atoms with Crippen LogP contribution in [0, 0.1) is 46.3 Å². The summed E-state index contributed by atoms with van der Waals surface area (Å²) in [7, 11) is 0. The SMILES string of the molecule is CC(=O)C1(O)C[C@@H]2C[C@@H](O)CC[C@]2(C)C2C[C@@](O)(C(C)=O)[C@@]3(C)C(CC[C@@H]3[C@H](C)CCC(=O)O)C21.